The molecule has 100 valence electrons. The summed E-state index contributed by atoms with van der Waals surface area (Å²) < 4.78 is 5.23. The van der Waals surface area contributed by atoms with Gasteiger partial charge in [-0.1, -0.05) is 45.4 Å². The predicted molar refractivity (Wildman–Crippen MR) is 69.7 cm³/mol. The summed E-state index contributed by atoms with van der Waals surface area (Å²) in [4.78, 5) is 11.6. The van der Waals surface area contributed by atoms with Gasteiger partial charge in [-0.15, -0.1) is 0 Å². The molecule has 0 aromatic rings. The third kappa shape index (κ3) is 6.06. The van der Waals surface area contributed by atoms with Gasteiger partial charge >= 0.3 is 5.97 Å². The van der Waals surface area contributed by atoms with Gasteiger partial charge in [-0.25, -0.2) is 0 Å². The van der Waals surface area contributed by atoms with Crippen molar-refractivity contribution in [1.29, 1.82) is 0 Å². The molecule has 17 heavy (non-hydrogen) atoms. The van der Waals surface area contributed by atoms with Crippen molar-refractivity contribution in [2.45, 2.75) is 76.7 Å². The Hall–Kier alpha value is -0.570. The van der Waals surface area contributed by atoms with Crippen LogP contribution < -0.4 is 5.73 Å². The van der Waals surface area contributed by atoms with Crippen LogP contribution in [0.15, 0.2) is 0 Å². The lowest BCUT2D eigenvalue weighted by Gasteiger charge is -2.21. The van der Waals surface area contributed by atoms with Gasteiger partial charge in [0.15, 0.2) is 0 Å². The Morgan fingerprint density at radius 1 is 1.18 bits per heavy atom. The van der Waals surface area contributed by atoms with E-state index in [1.54, 1.807) is 0 Å². The first-order chi connectivity index (χ1) is 8.16. The lowest BCUT2D eigenvalue weighted by Crippen LogP contribution is -2.39. The normalized spacial score (nSPS) is 18.2. The second-order valence-corrected chi connectivity index (χ2v) is 5.38. The number of rotatable bonds is 8. The minimum atomic E-state index is -0.265. The fraction of sp³-hybridized carbons (Fsp3) is 0.929. The summed E-state index contributed by atoms with van der Waals surface area (Å²) in [5, 5.41) is 0. The molecule has 2 N–H and O–H groups in total. The van der Waals surface area contributed by atoms with Crippen molar-refractivity contribution >= 4 is 5.97 Å². The largest absolute Gasteiger partial charge is 0.466 e. The molecule has 1 aliphatic rings. The Labute approximate surface area is 105 Å². The van der Waals surface area contributed by atoms with E-state index < -0.39 is 0 Å². The van der Waals surface area contributed by atoms with Crippen LogP contribution in [0.1, 0.15) is 71.1 Å². The summed E-state index contributed by atoms with van der Waals surface area (Å²) >= 11 is 0. The van der Waals surface area contributed by atoms with Gasteiger partial charge in [0, 0.05) is 5.54 Å². The average molecular weight is 241 g/mol. The summed E-state index contributed by atoms with van der Waals surface area (Å²) in [7, 11) is 0. The van der Waals surface area contributed by atoms with Crippen molar-refractivity contribution in [1.82, 2.24) is 0 Å². The molecule has 0 aliphatic heterocycles. The van der Waals surface area contributed by atoms with Crippen LogP contribution in [0.2, 0.25) is 0 Å². The fourth-order valence-electron chi connectivity index (χ4n) is 2.49. The predicted octanol–water partition coefficient (Wildman–Crippen LogP) is 3.16. The minimum Gasteiger partial charge on any atom is -0.466 e. The highest BCUT2D eigenvalue weighted by atomic mass is 16.5. The third-order valence-electron chi connectivity index (χ3n) is 3.61. The van der Waals surface area contributed by atoms with E-state index in [-0.39, 0.29) is 11.5 Å². The monoisotopic (exact) mass is 241 g/mol. The number of carbonyl (C=O) groups excluding carboxylic acids is 1. The summed E-state index contributed by atoms with van der Waals surface area (Å²) in [5.41, 5.74) is 5.86. The maximum atomic E-state index is 11.6. The first-order valence-electron chi connectivity index (χ1n) is 7.11. The number of nitrogens with two attached hydrogens (primary N) is 1. The zero-order valence-corrected chi connectivity index (χ0v) is 11.2. The molecule has 0 bridgehead atoms. The van der Waals surface area contributed by atoms with Crippen LogP contribution in [0, 0.1) is 0 Å². The van der Waals surface area contributed by atoms with Gasteiger partial charge < -0.3 is 10.5 Å². The number of esters is 1. The van der Waals surface area contributed by atoms with Gasteiger partial charge in [-0.2, -0.15) is 0 Å². The lowest BCUT2D eigenvalue weighted by molar-refractivity contribution is -0.145. The van der Waals surface area contributed by atoms with Crippen LogP contribution in [-0.4, -0.2) is 18.1 Å². The topological polar surface area (TPSA) is 52.3 Å². The Morgan fingerprint density at radius 3 is 2.47 bits per heavy atom. The molecular formula is C14H27NO2. The highest BCUT2D eigenvalue weighted by Gasteiger charge is 2.32. The average Bonchev–Trinajstić information content (AvgIpc) is 2.70. The highest BCUT2D eigenvalue weighted by Crippen LogP contribution is 2.30. The third-order valence-corrected chi connectivity index (χ3v) is 3.61. The Morgan fingerprint density at radius 2 is 1.82 bits per heavy atom. The summed E-state index contributed by atoms with van der Waals surface area (Å²) in [5.74, 6) is -0.107. The molecule has 3 nitrogen and oxygen atoms in total. The summed E-state index contributed by atoms with van der Waals surface area (Å²) in [6.07, 6.45) is 10.6. The molecule has 0 aromatic heterocycles. The maximum absolute atomic E-state index is 11.6. The summed E-state index contributed by atoms with van der Waals surface area (Å²) in [6.45, 7) is 2.76. The molecule has 0 aromatic carbocycles. The molecule has 0 saturated heterocycles. The SMILES string of the molecule is CCCCCCCOC(=O)CC1(N)CCCC1. The standard InChI is InChI=1S/C14H27NO2/c1-2-3-4-5-8-11-17-13(16)12-14(15)9-6-7-10-14/h2-12,15H2,1H3. The van der Waals surface area contributed by atoms with Gasteiger partial charge in [-0.3, -0.25) is 4.79 Å². The van der Waals surface area contributed by atoms with Crippen molar-refractivity contribution in [3.8, 4) is 0 Å². The van der Waals surface area contributed by atoms with Gasteiger partial charge in [0.1, 0.15) is 0 Å². The molecule has 1 fully saturated rings. The van der Waals surface area contributed by atoms with E-state index in [9.17, 15) is 4.79 Å². The fourth-order valence-corrected chi connectivity index (χ4v) is 2.49. The van der Waals surface area contributed by atoms with Crippen LogP contribution >= 0.6 is 0 Å². The second kappa shape index (κ2) is 7.70. The van der Waals surface area contributed by atoms with Crippen molar-refractivity contribution in [2.75, 3.05) is 6.61 Å². The van der Waals surface area contributed by atoms with Crippen molar-refractivity contribution in [3.63, 3.8) is 0 Å². The maximum Gasteiger partial charge on any atom is 0.307 e. The van der Waals surface area contributed by atoms with E-state index in [1.165, 1.54) is 19.3 Å². The molecule has 3 heteroatoms. The minimum absolute atomic E-state index is 0.107. The molecule has 0 atom stereocenters. The Balaban J connectivity index is 2.01. The number of unbranched alkanes of at least 4 members (excludes halogenated alkanes) is 4. The molecule has 0 radical (unpaired) electrons. The molecule has 0 heterocycles. The molecular weight excluding hydrogens is 214 g/mol. The highest BCUT2D eigenvalue weighted by molar-refractivity contribution is 5.70. The second-order valence-electron chi connectivity index (χ2n) is 5.38. The van der Waals surface area contributed by atoms with E-state index in [0.29, 0.717) is 13.0 Å². The smallest absolute Gasteiger partial charge is 0.307 e. The Kier molecular flexibility index (Phi) is 6.56. The van der Waals surface area contributed by atoms with Gasteiger partial charge in [0.05, 0.1) is 13.0 Å². The molecule has 0 amide bonds. The van der Waals surface area contributed by atoms with Gasteiger partial charge in [-0.05, 0) is 19.3 Å². The van der Waals surface area contributed by atoms with Crippen LogP contribution in [0.4, 0.5) is 0 Å². The number of hydrogen-bond donors (Lipinski definition) is 1. The van der Waals surface area contributed by atoms with E-state index in [2.05, 4.69) is 6.92 Å². The summed E-state index contributed by atoms with van der Waals surface area (Å²) in [6, 6.07) is 0. The van der Waals surface area contributed by atoms with Gasteiger partial charge in [0.25, 0.3) is 0 Å². The Bertz CT molecular complexity index is 222. The molecule has 0 spiro atoms. The van der Waals surface area contributed by atoms with E-state index in [1.807, 2.05) is 0 Å². The van der Waals surface area contributed by atoms with Crippen LogP contribution in [0.25, 0.3) is 0 Å². The molecule has 0 unspecified atom stereocenters. The number of carbonyl (C=O) groups is 1. The zero-order valence-electron chi connectivity index (χ0n) is 11.2. The number of ether oxygens (including phenoxy) is 1. The molecule has 1 rings (SSSR count). The zero-order chi connectivity index (χ0) is 12.6. The van der Waals surface area contributed by atoms with Gasteiger partial charge in [0.2, 0.25) is 0 Å². The van der Waals surface area contributed by atoms with Crippen molar-refractivity contribution in [2.24, 2.45) is 5.73 Å². The van der Waals surface area contributed by atoms with Crippen LogP contribution in [0.3, 0.4) is 0 Å². The molecule has 1 saturated carbocycles. The van der Waals surface area contributed by atoms with Crippen LogP contribution in [-0.2, 0) is 9.53 Å². The number of hydrogen-bond acceptors (Lipinski definition) is 3. The van der Waals surface area contributed by atoms with E-state index in [4.69, 9.17) is 10.5 Å². The lowest BCUT2D eigenvalue weighted by atomic mass is 9.95. The van der Waals surface area contributed by atoms with E-state index in [0.717, 1.165) is 38.5 Å². The van der Waals surface area contributed by atoms with Crippen LogP contribution in [0.5, 0.6) is 0 Å². The first kappa shape index (κ1) is 14.5. The van der Waals surface area contributed by atoms with Crippen molar-refractivity contribution in [3.05, 3.63) is 0 Å². The quantitative estimate of drug-likeness (QED) is 0.524. The first-order valence-corrected chi connectivity index (χ1v) is 7.11. The molecule has 1 aliphatic carbocycles. The van der Waals surface area contributed by atoms with Crippen molar-refractivity contribution < 1.29 is 9.53 Å². The van der Waals surface area contributed by atoms with E-state index >= 15 is 0 Å².